The van der Waals surface area contributed by atoms with Crippen LogP contribution in [0.25, 0.3) is 11.3 Å². The summed E-state index contributed by atoms with van der Waals surface area (Å²) in [7, 11) is 3.15. The van der Waals surface area contributed by atoms with Crippen LogP contribution in [-0.4, -0.2) is 25.1 Å². The third-order valence-electron chi connectivity index (χ3n) is 4.33. The summed E-state index contributed by atoms with van der Waals surface area (Å²) in [5.41, 5.74) is 2.50. The molecule has 0 saturated heterocycles. The average Bonchev–Trinajstić information content (AvgIpc) is 3.07. The molecule has 0 bridgehead atoms. The fraction of sp³-hybridized carbons (Fsp3) is 0.238. The van der Waals surface area contributed by atoms with E-state index in [0.29, 0.717) is 29.5 Å². The van der Waals surface area contributed by atoms with Crippen molar-refractivity contribution in [3.63, 3.8) is 0 Å². The zero-order chi connectivity index (χ0) is 21.0. The van der Waals surface area contributed by atoms with E-state index in [4.69, 9.17) is 9.47 Å². The summed E-state index contributed by atoms with van der Waals surface area (Å²) in [5, 5.41) is 3.37. The van der Waals surface area contributed by atoms with Crippen molar-refractivity contribution in [3.05, 3.63) is 57.1 Å². The molecule has 1 amide bonds. The molecule has 0 unspecified atom stereocenters. The highest BCUT2D eigenvalue weighted by molar-refractivity contribution is 9.10. The van der Waals surface area contributed by atoms with Gasteiger partial charge in [-0.15, -0.1) is 11.3 Å². The number of aromatic nitrogens is 1. The third-order valence-corrected chi connectivity index (χ3v) is 5.96. The minimum atomic E-state index is -0.295. The number of halogens is 2. The molecule has 0 spiro atoms. The van der Waals surface area contributed by atoms with Crippen molar-refractivity contribution < 1.29 is 18.7 Å². The average molecular weight is 479 g/mol. The third kappa shape index (κ3) is 5.13. The number of aryl methyl sites for hydroxylation is 2. The molecule has 0 aliphatic rings. The van der Waals surface area contributed by atoms with Crippen LogP contribution in [0.15, 0.2) is 40.9 Å². The van der Waals surface area contributed by atoms with Crippen LogP contribution in [0.4, 0.5) is 9.52 Å². The smallest absolute Gasteiger partial charge is 0.226 e. The molecule has 3 rings (SSSR count). The van der Waals surface area contributed by atoms with Gasteiger partial charge in [0.15, 0.2) is 16.6 Å². The molecule has 0 saturated carbocycles. The Bertz CT molecular complexity index is 1020. The Morgan fingerprint density at radius 3 is 2.48 bits per heavy atom. The predicted molar refractivity (Wildman–Crippen MR) is 116 cm³/mol. The monoisotopic (exact) mass is 478 g/mol. The van der Waals surface area contributed by atoms with Crippen molar-refractivity contribution >= 4 is 38.3 Å². The predicted octanol–water partition coefficient (Wildman–Crippen LogP) is 5.61. The second-order valence-corrected chi connectivity index (χ2v) is 8.34. The summed E-state index contributed by atoms with van der Waals surface area (Å²) < 4.78 is 24.6. The van der Waals surface area contributed by atoms with Gasteiger partial charge in [0.25, 0.3) is 0 Å². The molecule has 5 nitrogen and oxygen atoms in total. The van der Waals surface area contributed by atoms with Gasteiger partial charge in [0.2, 0.25) is 5.91 Å². The maximum absolute atomic E-state index is 13.1. The zero-order valence-corrected chi connectivity index (χ0v) is 18.6. The maximum Gasteiger partial charge on any atom is 0.226 e. The summed E-state index contributed by atoms with van der Waals surface area (Å²) in [4.78, 5) is 17.9. The number of benzene rings is 2. The van der Waals surface area contributed by atoms with E-state index >= 15 is 0 Å². The number of hydrogen-bond donors (Lipinski definition) is 1. The number of amides is 1. The second-order valence-electron chi connectivity index (χ2n) is 6.28. The Hall–Kier alpha value is -2.45. The molecule has 8 heteroatoms. The lowest BCUT2D eigenvalue weighted by atomic mass is 10.1. The number of nitrogens with one attached hydrogen (secondary N) is 1. The number of carbonyl (C=O) groups excluding carboxylic acids is 1. The maximum atomic E-state index is 13.1. The van der Waals surface area contributed by atoms with Crippen molar-refractivity contribution in [3.8, 4) is 22.8 Å². The van der Waals surface area contributed by atoms with Crippen LogP contribution in [0.5, 0.6) is 11.5 Å². The van der Waals surface area contributed by atoms with Gasteiger partial charge in [-0.3, -0.25) is 4.79 Å². The summed E-state index contributed by atoms with van der Waals surface area (Å²) in [5.74, 6) is 0.812. The molecule has 1 heterocycles. The van der Waals surface area contributed by atoms with Gasteiger partial charge in [0.05, 0.1) is 19.9 Å². The highest BCUT2D eigenvalue weighted by atomic mass is 79.9. The molecule has 0 aliphatic heterocycles. The van der Waals surface area contributed by atoms with Crippen molar-refractivity contribution in [2.24, 2.45) is 0 Å². The molecule has 0 fully saturated rings. The standard InChI is InChI=1S/C21H20BrFN2O3S/c1-12-20(13-4-7-15(23)8-5-13)25-21(29-12)24-19(26)9-6-14-10-17(27-2)18(28-3)11-16(14)22/h4-5,7-8,10-11H,6,9H2,1-3H3,(H,24,25,26). The van der Waals surface area contributed by atoms with Crippen molar-refractivity contribution in [2.45, 2.75) is 19.8 Å². The van der Waals surface area contributed by atoms with Gasteiger partial charge in [-0.2, -0.15) is 0 Å². The number of hydrogen-bond acceptors (Lipinski definition) is 5. The minimum Gasteiger partial charge on any atom is -0.493 e. The van der Waals surface area contributed by atoms with Crippen molar-refractivity contribution in [1.29, 1.82) is 0 Å². The fourth-order valence-corrected chi connectivity index (χ4v) is 4.22. The van der Waals surface area contributed by atoms with Gasteiger partial charge in [-0.05, 0) is 55.3 Å². The summed E-state index contributed by atoms with van der Waals surface area (Å²) >= 11 is 4.90. The van der Waals surface area contributed by atoms with E-state index in [1.807, 2.05) is 19.1 Å². The van der Waals surface area contributed by atoms with Crippen LogP contribution in [0, 0.1) is 12.7 Å². The topological polar surface area (TPSA) is 60.5 Å². The molecule has 0 radical (unpaired) electrons. The number of rotatable bonds is 7. The van der Waals surface area contributed by atoms with E-state index in [1.54, 1.807) is 26.4 Å². The molecular formula is C21H20BrFN2O3S. The summed E-state index contributed by atoms with van der Waals surface area (Å²) in [6, 6.07) is 9.83. The van der Waals surface area contributed by atoms with E-state index < -0.39 is 0 Å². The lowest BCUT2D eigenvalue weighted by Gasteiger charge is -2.11. The van der Waals surface area contributed by atoms with Gasteiger partial charge in [0.1, 0.15) is 5.82 Å². The van der Waals surface area contributed by atoms with Gasteiger partial charge in [-0.25, -0.2) is 9.37 Å². The Labute approximate surface area is 181 Å². The minimum absolute atomic E-state index is 0.133. The number of anilines is 1. The fourth-order valence-electron chi connectivity index (χ4n) is 2.84. The Kier molecular flexibility index (Phi) is 6.87. The van der Waals surface area contributed by atoms with Gasteiger partial charge < -0.3 is 14.8 Å². The number of nitrogens with zero attached hydrogens (tertiary/aromatic N) is 1. The van der Waals surface area contributed by atoms with E-state index in [2.05, 4.69) is 26.2 Å². The van der Waals surface area contributed by atoms with Crippen LogP contribution in [0.2, 0.25) is 0 Å². The van der Waals surface area contributed by atoms with E-state index in [9.17, 15) is 9.18 Å². The largest absolute Gasteiger partial charge is 0.493 e. The van der Waals surface area contributed by atoms with Gasteiger partial charge in [0, 0.05) is 21.3 Å². The highest BCUT2D eigenvalue weighted by Gasteiger charge is 2.14. The lowest BCUT2D eigenvalue weighted by molar-refractivity contribution is -0.116. The molecule has 0 atom stereocenters. The van der Waals surface area contributed by atoms with Crippen molar-refractivity contribution in [2.75, 3.05) is 19.5 Å². The van der Waals surface area contributed by atoms with Gasteiger partial charge in [-0.1, -0.05) is 15.9 Å². The van der Waals surface area contributed by atoms with Crippen LogP contribution < -0.4 is 14.8 Å². The first-order valence-electron chi connectivity index (χ1n) is 8.85. The normalized spacial score (nSPS) is 10.7. The molecule has 2 aromatic carbocycles. The molecule has 1 N–H and O–H groups in total. The molecule has 0 aliphatic carbocycles. The molecule has 1 aromatic heterocycles. The van der Waals surface area contributed by atoms with Gasteiger partial charge >= 0.3 is 0 Å². The highest BCUT2D eigenvalue weighted by Crippen LogP contribution is 2.34. The second kappa shape index (κ2) is 9.37. The molecule has 29 heavy (non-hydrogen) atoms. The number of carbonyl (C=O) groups is 1. The summed E-state index contributed by atoms with van der Waals surface area (Å²) in [6.07, 6.45) is 0.820. The molecule has 152 valence electrons. The lowest BCUT2D eigenvalue weighted by Crippen LogP contribution is -2.12. The molecular weight excluding hydrogens is 459 g/mol. The number of thiazole rings is 1. The Morgan fingerprint density at radius 1 is 1.17 bits per heavy atom. The van der Waals surface area contributed by atoms with Crippen LogP contribution in [0.3, 0.4) is 0 Å². The first-order chi connectivity index (χ1) is 13.9. The van der Waals surface area contributed by atoms with E-state index in [1.165, 1.54) is 23.5 Å². The molecule has 3 aromatic rings. The SMILES string of the molecule is COc1cc(Br)c(CCC(=O)Nc2nc(-c3ccc(F)cc3)c(C)s2)cc1OC. The number of methoxy groups -OCH3 is 2. The van der Waals surface area contributed by atoms with Crippen LogP contribution in [-0.2, 0) is 11.2 Å². The quantitative estimate of drug-likeness (QED) is 0.479. The van der Waals surface area contributed by atoms with E-state index in [0.717, 1.165) is 26.2 Å². The first-order valence-corrected chi connectivity index (χ1v) is 10.5. The van der Waals surface area contributed by atoms with Crippen LogP contribution in [0.1, 0.15) is 16.9 Å². The van der Waals surface area contributed by atoms with Crippen LogP contribution >= 0.6 is 27.3 Å². The first kappa shape index (κ1) is 21.3. The Balaban J connectivity index is 1.66. The van der Waals surface area contributed by atoms with E-state index in [-0.39, 0.29) is 11.7 Å². The summed E-state index contributed by atoms with van der Waals surface area (Å²) in [6.45, 7) is 1.92. The van der Waals surface area contributed by atoms with Crippen molar-refractivity contribution in [1.82, 2.24) is 4.98 Å². The number of ether oxygens (including phenoxy) is 2. The Morgan fingerprint density at radius 2 is 1.83 bits per heavy atom. The zero-order valence-electron chi connectivity index (χ0n) is 16.2.